The summed E-state index contributed by atoms with van der Waals surface area (Å²) in [5, 5.41) is 23.5. The molecule has 1 aromatic carbocycles. The number of nitrogens with zero attached hydrogens (tertiary/aromatic N) is 2. The molecule has 4 N–H and O–H groups in total. The maximum atomic E-state index is 10.6. The zero-order valence-corrected chi connectivity index (χ0v) is 15.4. The van der Waals surface area contributed by atoms with Crippen LogP contribution in [0, 0.1) is 10.1 Å². The molecule has 0 aliphatic carbocycles. The predicted molar refractivity (Wildman–Crippen MR) is 102 cm³/mol. The van der Waals surface area contributed by atoms with Crippen LogP contribution in [0.2, 0.25) is 0 Å². The van der Waals surface area contributed by atoms with Crippen molar-refractivity contribution >= 4 is 11.6 Å². The monoisotopic (exact) mass is 366 g/mol. The Kier molecular flexibility index (Phi) is 10.8. The van der Waals surface area contributed by atoms with Crippen LogP contribution in [0.25, 0.3) is 0 Å². The lowest BCUT2D eigenvalue weighted by atomic mass is 10.1. The van der Waals surface area contributed by atoms with Crippen molar-refractivity contribution in [3.63, 3.8) is 0 Å². The third-order valence-electron chi connectivity index (χ3n) is 3.80. The van der Waals surface area contributed by atoms with Gasteiger partial charge in [0.05, 0.1) is 11.5 Å². The molecule has 8 heteroatoms. The second-order valence-corrected chi connectivity index (χ2v) is 6.14. The molecule has 146 valence electrons. The van der Waals surface area contributed by atoms with Crippen LogP contribution in [-0.4, -0.2) is 41.8 Å². The lowest BCUT2D eigenvalue weighted by molar-refractivity contribution is -0.384. The fraction of sp³-hybridized carbons (Fsp3) is 0.611. The molecule has 0 saturated heterocycles. The minimum atomic E-state index is -0.806. The summed E-state index contributed by atoms with van der Waals surface area (Å²) in [7, 11) is 0. The molecule has 0 bridgehead atoms. The van der Waals surface area contributed by atoms with E-state index in [1.165, 1.54) is 56.4 Å². The normalized spacial score (nSPS) is 12.6. The highest BCUT2D eigenvalue weighted by molar-refractivity contribution is 5.77. The van der Waals surface area contributed by atoms with Gasteiger partial charge in [-0.3, -0.25) is 15.1 Å². The first-order valence-electron chi connectivity index (χ1n) is 9.12. The summed E-state index contributed by atoms with van der Waals surface area (Å²) in [6, 6.07) is 5.68. The van der Waals surface area contributed by atoms with Crippen LogP contribution >= 0.6 is 0 Å². The number of aliphatic imine (C=N–C) groups is 1. The quantitative estimate of drug-likeness (QED) is 0.162. The number of guanidine groups is 1. The first kappa shape index (κ1) is 21.7. The fourth-order valence-corrected chi connectivity index (χ4v) is 2.29. The topological polar surface area (TPSA) is 123 Å². The molecule has 1 rings (SSSR count). The van der Waals surface area contributed by atoms with E-state index in [4.69, 9.17) is 10.5 Å². The molecule has 0 aliphatic rings. The van der Waals surface area contributed by atoms with Crippen molar-refractivity contribution in [1.29, 1.82) is 0 Å². The first-order valence-corrected chi connectivity index (χ1v) is 9.12. The van der Waals surface area contributed by atoms with E-state index in [1.54, 1.807) is 0 Å². The van der Waals surface area contributed by atoms with E-state index >= 15 is 0 Å². The Bertz CT molecular complexity index is 549. The Morgan fingerprint density at radius 1 is 1.27 bits per heavy atom. The summed E-state index contributed by atoms with van der Waals surface area (Å²) >= 11 is 0. The number of nitro groups is 1. The lowest BCUT2D eigenvalue weighted by Gasteiger charge is -2.11. The number of nitrogens with one attached hydrogen (secondary N) is 1. The Morgan fingerprint density at radius 2 is 1.92 bits per heavy atom. The van der Waals surface area contributed by atoms with Crippen LogP contribution in [0.15, 0.2) is 29.3 Å². The van der Waals surface area contributed by atoms with Gasteiger partial charge in [0.1, 0.15) is 18.5 Å². The van der Waals surface area contributed by atoms with Crippen LogP contribution in [0.5, 0.6) is 5.75 Å². The lowest BCUT2D eigenvalue weighted by Crippen LogP contribution is -2.34. The van der Waals surface area contributed by atoms with Gasteiger partial charge in [-0.2, -0.15) is 0 Å². The molecular formula is C18H30N4O4. The van der Waals surface area contributed by atoms with Crippen molar-refractivity contribution < 1.29 is 14.8 Å². The highest BCUT2D eigenvalue weighted by Gasteiger charge is 2.07. The molecule has 1 aromatic rings. The van der Waals surface area contributed by atoms with Gasteiger partial charge in [-0.1, -0.05) is 39.0 Å². The molecule has 0 aliphatic heterocycles. The van der Waals surface area contributed by atoms with Crippen LogP contribution in [0.1, 0.15) is 45.4 Å². The summed E-state index contributed by atoms with van der Waals surface area (Å²) < 4.78 is 5.38. The van der Waals surface area contributed by atoms with Gasteiger partial charge in [0.25, 0.3) is 5.69 Å². The van der Waals surface area contributed by atoms with Crippen LogP contribution in [-0.2, 0) is 0 Å². The molecule has 1 unspecified atom stereocenters. The number of nitro benzene ring substituents is 1. The van der Waals surface area contributed by atoms with E-state index < -0.39 is 11.0 Å². The molecule has 0 amide bonds. The fourth-order valence-electron chi connectivity index (χ4n) is 2.29. The van der Waals surface area contributed by atoms with E-state index in [0.717, 1.165) is 13.0 Å². The van der Waals surface area contributed by atoms with Gasteiger partial charge in [-0.15, -0.1) is 0 Å². The molecule has 0 spiro atoms. The molecule has 0 saturated carbocycles. The highest BCUT2D eigenvalue weighted by atomic mass is 16.6. The van der Waals surface area contributed by atoms with Gasteiger partial charge in [0.15, 0.2) is 5.96 Å². The zero-order chi connectivity index (χ0) is 19.2. The van der Waals surface area contributed by atoms with E-state index in [2.05, 4.69) is 17.2 Å². The van der Waals surface area contributed by atoms with Gasteiger partial charge in [0.2, 0.25) is 0 Å². The maximum absolute atomic E-state index is 10.6. The second kappa shape index (κ2) is 12.9. The summed E-state index contributed by atoms with van der Waals surface area (Å²) in [5.74, 6) is 0.765. The molecule has 0 radical (unpaired) electrons. The average Bonchev–Trinajstić information content (AvgIpc) is 2.64. The number of nitrogens with two attached hydrogens (primary N) is 1. The number of hydrogen-bond donors (Lipinski definition) is 3. The minimum absolute atomic E-state index is 0.00768. The molecule has 1 atom stereocenters. The largest absolute Gasteiger partial charge is 0.491 e. The number of rotatable bonds is 13. The molecular weight excluding hydrogens is 336 g/mol. The minimum Gasteiger partial charge on any atom is -0.491 e. The van der Waals surface area contributed by atoms with Gasteiger partial charge in [-0.25, -0.2) is 0 Å². The van der Waals surface area contributed by atoms with Crippen LogP contribution in [0.4, 0.5) is 5.69 Å². The van der Waals surface area contributed by atoms with E-state index in [0.29, 0.717) is 11.7 Å². The number of aliphatic hydroxyl groups excluding tert-OH is 1. The standard InChI is InChI=1S/C18H30N4O4/c1-2-3-4-5-6-7-12-20-18(19)21-13-16(23)14-26-17-10-8-15(9-11-17)22(24)25/h8-11,16,23H,2-7,12-14H2,1H3,(H3,19,20,21). The van der Waals surface area contributed by atoms with E-state index in [-0.39, 0.29) is 18.8 Å². The zero-order valence-electron chi connectivity index (χ0n) is 15.4. The third-order valence-corrected chi connectivity index (χ3v) is 3.80. The van der Waals surface area contributed by atoms with Crippen molar-refractivity contribution in [2.45, 2.75) is 51.6 Å². The number of unbranched alkanes of at least 4 members (excludes halogenated alkanes) is 5. The summed E-state index contributed by atoms with van der Waals surface area (Å²) in [6.45, 7) is 3.13. The predicted octanol–water partition coefficient (Wildman–Crippen LogP) is 2.60. The van der Waals surface area contributed by atoms with E-state index in [9.17, 15) is 15.2 Å². The van der Waals surface area contributed by atoms with Gasteiger partial charge in [-0.05, 0) is 18.6 Å². The summed E-state index contributed by atoms with van der Waals surface area (Å²) in [4.78, 5) is 14.2. The van der Waals surface area contributed by atoms with Crippen LogP contribution < -0.4 is 15.8 Å². The molecule has 0 fully saturated rings. The van der Waals surface area contributed by atoms with Crippen LogP contribution in [0.3, 0.4) is 0 Å². The second-order valence-electron chi connectivity index (χ2n) is 6.14. The number of hydrogen-bond acceptors (Lipinski definition) is 5. The Balaban J connectivity index is 2.16. The number of ether oxygens (including phenoxy) is 1. The highest BCUT2D eigenvalue weighted by Crippen LogP contribution is 2.17. The molecule has 8 nitrogen and oxygen atoms in total. The van der Waals surface area contributed by atoms with Gasteiger partial charge < -0.3 is 20.9 Å². The maximum Gasteiger partial charge on any atom is 0.269 e. The van der Waals surface area contributed by atoms with Crippen molar-refractivity contribution in [2.75, 3.05) is 19.7 Å². The molecule has 26 heavy (non-hydrogen) atoms. The summed E-state index contributed by atoms with van der Waals surface area (Å²) in [5.41, 5.74) is 5.75. The van der Waals surface area contributed by atoms with Crippen molar-refractivity contribution in [1.82, 2.24) is 5.32 Å². The molecule has 0 aromatic heterocycles. The molecule has 0 heterocycles. The average molecular weight is 366 g/mol. The van der Waals surface area contributed by atoms with Gasteiger partial charge >= 0.3 is 0 Å². The van der Waals surface area contributed by atoms with Crippen molar-refractivity contribution in [3.05, 3.63) is 34.4 Å². The smallest absolute Gasteiger partial charge is 0.269 e. The van der Waals surface area contributed by atoms with Crippen molar-refractivity contribution in [2.24, 2.45) is 10.7 Å². The Labute approximate surface area is 154 Å². The number of benzene rings is 1. The summed E-state index contributed by atoms with van der Waals surface area (Å²) in [6.07, 6.45) is 6.47. The number of non-ortho nitro benzene ring substituents is 1. The Hall–Kier alpha value is -2.35. The SMILES string of the molecule is CCCCCCCCNC(N)=NCC(O)COc1ccc([N+](=O)[O-])cc1. The van der Waals surface area contributed by atoms with Gasteiger partial charge in [0, 0.05) is 18.7 Å². The third kappa shape index (κ3) is 9.83. The Morgan fingerprint density at radius 3 is 2.58 bits per heavy atom. The van der Waals surface area contributed by atoms with Crippen molar-refractivity contribution in [3.8, 4) is 5.75 Å². The first-order chi connectivity index (χ1) is 12.5. The number of aliphatic hydroxyl groups is 1. The van der Waals surface area contributed by atoms with E-state index in [1.807, 2.05) is 0 Å².